The number of ether oxygens (including phenoxy) is 1. The van der Waals surface area contributed by atoms with Crippen LogP contribution in [0.5, 0.6) is 0 Å². The van der Waals surface area contributed by atoms with E-state index in [0.29, 0.717) is 19.1 Å². The maximum atomic E-state index is 11.9. The molecule has 7 heteroatoms. The summed E-state index contributed by atoms with van der Waals surface area (Å²) in [6.07, 6.45) is 3.35. The van der Waals surface area contributed by atoms with Gasteiger partial charge in [-0.1, -0.05) is 30.3 Å². The van der Waals surface area contributed by atoms with E-state index in [4.69, 9.17) is 4.74 Å². The van der Waals surface area contributed by atoms with Crippen LogP contribution in [0.15, 0.2) is 35.3 Å². The quantitative estimate of drug-likeness (QED) is 0.424. The number of aliphatic imine (C=N–C) groups is 1. The van der Waals surface area contributed by atoms with Crippen molar-refractivity contribution in [2.45, 2.75) is 45.2 Å². The molecule has 0 unspecified atom stereocenters. The molecule has 1 aromatic rings. The first-order chi connectivity index (χ1) is 13.5. The lowest BCUT2D eigenvalue weighted by Crippen LogP contribution is -2.48. The summed E-state index contributed by atoms with van der Waals surface area (Å²) in [6.45, 7) is 2.98. The van der Waals surface area contributed by atoms with Gasteiger partial charge >= 0.3 is 5.97 Å². The van der Waals surface area contributed by atoms with E-state index >= 15 is 0 Å². The second kappa shape index (κ2) is 11.3. The molecule has 2 N–H and O–H groups in total. The van der Waals surface area contributed by atoms with Crippen molar-refractivity contribution >= 4 is 17.8 Å². The summed E-state index contributed by atoms with van der Waals surface area (Å²) in [4.78, 5) is 30.0. The van der Waals surface area contributed by atoms with Gasteiger partial charge in [-0.15, -0.1) is 0 Å². The summed E-state index contributed by atoms with van der Waals surface area (Å²) in [6, 6.07) is 10.2. The summed E-state index contributed by atoms with van der Waals surface area (Å²) >= 11 is 0. The summed E-state index contributed by atoms with van der Waals surface area (Å²) in [5.74, 6) is 0.512. The van der Waals surface area contributed by atoms with Gasteiger partial charge in [0.2, 0.25) is 5.91 Å². The highest BCUT2D eigenvalue weighted by Crippen LogP contribution is 2.25. The van der Waals surface area contributed by atoms with E-state index in [1.807, 2.05) is 37.3 Å². The molecule has 0 saturated heterocycles. The Labute approximate surface area is 167 Å². The molecule has 1 aliphatic rings. The molecule has 1 aromatic carbocycles. The average molecular weight is 389 g/mol. The van der Waals surface area contributed by atoms with Gasteiger partial charge < -0.3 is 20.3 Å². The topological polar surface area (TPSA) is 83.0 Å². The molecule has 1 aliphatic carbocycles. The molecule has 0 bridgehead atoms. The number of rotatable bonds is 7. The minimum atomic E-state index is -0.0892. The Bertz CT molecular complexity index is 653. The summed E-state index contributed by atoms with van der Waals surface area (Å²) < 4.78 is 5.14. The molecule has 0 heterocycles. The molecular weight excluding hydrogens is 356 g/mol. The van der Waals surface area contributed by atoms with Crippen LogP contribution in [0.4, 0.5) is 0 Å². The highest BCUT2D eigenvalue weighted by molar-refractivity contribution is 5.86. The predicted molar refractivity (Wildman–Crippen MR) is 110 cm³/mol. The lowest BCUT2D eigenvalue weighted by Gasteiger charge is -2.29. The van der Waals surface area contributed by atoms with Crippen molar-refractivity contribution in [3.8, 4) is 0 Å². The number of hydrogen-bond acceptors (Lipinski definition) is 4. The van der Waals surface area contributed by atoms with Gasteiger partial charge in [0.25, 0.3) is 0 Å². The monoisotopic (exact) mass is 388 g/mol. The molecular formula is C21H32N4O3. The van der Waals surface area contributed by atoms with Gasteiger partial charge in [-0.2, -0.15) is 0 Å². The number of benzene rings is 1. The highest BCUT2D eigenvalue weighted by atomic mass is 16.5. The fourth-order valence-electron chi connectivity index (χ4n) is 3.15. The third kappa shape index (κ3) is 7.21. The lowest BCUT2D eigenvalue weighted by atomic mass is 9.86. The van der Waals surface area contributed by atoms with Crippen LogP contribution < -0.4 is 10.6 Å². The van der Waals surface area contributed by atoms with Crippen molar-refractivity contribution < 1.29 is 14.3 Å². The molecule has 28 heavy (non-hydrogen) atoms. The number of likely N-dealkylation sites (N-methyl/N-ethyl adjacent to an activating group) is 1. The Morgan fingerprint density at radius 3 is 2.43 bits per heavy atom. The molecule has 1 saturated carbocycles. The minimum absolute atomic E-state index is 0.00835. The van der Waals surface area contributed by atoms with Crippen LogP contribution in [-0.4, -0.2) is 56.0 Å². The van der Waals surface area contributed by atoms with Crippen LogP contribution >= 0.6 is 0 Å². The van der Waals surface area contributed by atoms with Crippen LogP contribution in [0.1, 0.15) is 38.2 Å². The zero-order chi connectivity index (χ0) is 20.4. The van der Waals surface area contributed by atoms with Gasteiger partial charge in [0.1, 0.15) is 0 Å². The van der Waals surface area contributed by atoms with Crippen molar-refractivity contribution in [3.63, 3.8) is 0 Å². The highest BCUT2D eigenvalue weighted by Gasteiger charge is 2.27. The van der Waals surface area contributed by atoms with E-state index in [-0.39, 0.29) is 30.4 Å². The molecule has 0 aromatic heterocycles. The summed E-state index contributed by atoms with van der Waals surface area (Å²) in [5, 5.41) is 6.56. The van der Waals surface area contributed by atoms with E-state index < -0.39 is 0 Å². The van der Waals surface area contributed by atoms with E-state index in [0.717, 1.165) is 31.2 Å². The van der Waals surface area contributed by atoms with Crippen molar-refractivity contribution in [1.29, 1.82) is 0 Å². The predicted octanol–water partition coefficient (Wildman–Crippen LogP) is 1.93. The minimum Gasteiger partial charge on any atom is -0.466 e. The van der Waals surface area contributed by atoms with E-state index in [1.54, 1.807) is 19.0 Å². The fourth-order valence-corrected chi connectivity index (χ4v) is 3.15. The Morgan fingerprint density at radius 2 is 1.82 bits per heavy atom. The van der Waals surface area contributed by atoms with E-state index in [9.17, 15) is 9.59 Å². The number of amides is 1. The smallest absolute Gasteiger partial charge is 0.308 e. The second-order valence-electron chi connectivity index (χ2n) is 7.24. The van der Waals surface area contributed by atoms with Crippen LogP contribution in [0, 0.1) is 5.92 Å². The molecule has 0 aliphatic heterocycles. The normalized spacial score (nSPS) is 19.6. The van der Waals surface area contributed by atoms with Gasteiger partial charge in [-0.05, 0) is 38.2 Å². The maximum absolute atomic E-state index is 11.9. The number of hydrogen-bond donors (Lipinski definition) is 2. The van der Waals surface area contributed by atoms with Gasteiger partial charge in [-0.3, -0.25) is 9.59 Å². The number of nitrogens with zero attached hydrogens (tertiary/aromatic N) is 2. The zero-order valence-electron chi connectivity index (χ0n) is 17.1. The first kappa shape index (κ1) is 21.7. The largest absolute Gasteiger partial charge is 0.466 e. The first-order valence-corrected chi connectivity index (χ1v) is 9.95. The van der Waals surface area contributed by atoms with Crippen molar-refractivity contribution in [2.75, 3.05) is 27.2 Å². The molecule has 0 spiro atoms. The third-order valence-electron chi connectivity index (χ3n) is 4.86. The zero-order valence-corrected chi connectivity index (χ0v) is 17.1. The fraction of sp³-hybridized carbons (Fsp3) is 0.571. The molecule has 1 amide bonds. The molecule has 0 radical (unpaired) electrons. The van der Waals surface area contributed by atoms with Crippen LogP contribution in [0.25, 0.3) is 0 Å². The van der Waals surface area contributed by atoms with Gasteiger partial charge in [-0.25, -0.2) is 4.99 Å². The van der Waals surface area contributed by atoms with Gasteiger partial charge in [0, 0.05) is 20.1 Å². The number of guanidine groups is 1. The number of carbonyl (C=O) groups is 2. The Kier molecular flexibility index (Phi) is 8.78. The first-order valence-electron chi connectivity index (χ1n) is 9.95. The van der Waals surface area contributed by atoms with Crippen LogP contribution in [0.2, 0.25) is 0 Å². The Morgan fingerprint density at radius 1 is 1.14 bits per heavy atom. The molecule has 154 valence electrons. The van der Waals surface area contributed by atoms with Crippen LogP contribution in [-0.2, 0) is 20.9 Å². The molecule has 2 rings (SSSR count). The third-order valence-corrected chi connectivity index (χ3v) is 4.86. The van der Waals surface area contributed by atoms with Crippen molar-refractivity contribution in [3.05, 3.63) is 35.9 Å². The number of carbonyl (C=O) groups excluding carboxylic acids is 2. The van der Waals surface area contributed by atoms with Crippen molar-refractivity contribution in [2.24, 2.45) is 10.9 Å². The standard InChI is InChI=1S/C21H32N4O3/c1-4-28-20(27)17-10-12-18(13-11-17)24-21(23-15-19(26)25(2)3)22-14-16-8-6-5-7-9-16/h5-9,17-18H,4,10-15H2,1-3H3,(H2,22,23,24). The molecule has 1 fully saturated rings. The lowest BCUT2D eigenvalue weighted by molar-refractivity contribution is -0.149. The van der Waals surface area contributed by atoms with Gasteiger partial charge in [0.05, 0.1) is 25.6 Å². The average Bonchev–Trinajstić information content (AvgIpc) is 2.71. The summed E-state index contributed by atoms with van der Waals surface area (Å²) in [5.41, 5.74) is 1.11. The van der Waals surface area contributed by atoms with Crippen molar-refractivity contribution in [1.82, 2.24) is 15.5 Å². The Hall–Kier alpha value is -2.57. The van der Waals surface area contributed by atoms with E-state index in [1.165, 1.54) is 0 Å². The maximum Gasteiger partial charge on any atom is 0.308 e. The number of esters is 1. The van der Waals surface area contributed by atoms with Gasteiger partial charge in [0.15, 0.2) is 5.96 Å². The SMILES string of the molecule is CCOC(=O)C1CCC(NC(=NCc2ccccc2)NCC(=O)N(C)C)CC1. The Balaban J connectivity index is 1.93. The molecule has 0 atom stereocenters. The van der Waals surface area contributed by atoms with E-state index in [2.05, 4.69) is 15.6 Å². The second-order valence-corrected chi connectivity index (χ2v) is 7.24. The summed E-state index contributed by atoms with van der Waals surface area (Å²) in [7, 11) is 3.46. The van der Waals surface area contributed by atoms with Crippen LogP contribution in [0.3, 0.4) is 0 Å². The molecule has 7 nitrogen and oxygen atoms in total. The number of nitrogens with one attached hydrogen (secondary N) is 2.